The van der Waals surface area contributed by atoms with Crippen molar-refractivity contribution >= 4 is 0 Å². The number of aliphatic hydroxyl groups is 1. The fraction of sp³-hybridized carbons (Fsp3) is 0.571. The van der Waals surface area contributed by atoms with Gasteiger partial charge in [-0.1, -0.05) is 18.2 Å². The third kappa shape index (κ3) is 2.45. The first-order valence-corrected chi connectivity index (χ1v) is 6.03. The molecule has 0 amide bonds. The van der Waals surface area contributed by atoms with E-state index in [2.05, 4.69) is 32.0 Å². The van der Waals surface area contributed by atoms with Crippen molar-refractivity contribution in [1.82, 2.24) is 0 Å². The molecular formula is C14H21NO. The Morgan fingerprint density at radius 2 is 2.12 bits per heavy atom. The molecule has 88 valence electrons. The minimum Gasteiger partial charge on any atom is -0.389 e. The van der Waals surface area contributed by atoms with Gasteiger partial charge in [0.2, 0.25) is 0 Å². The lowest BCUT2D eigenvalue weighted by molar-refractivity contribution is 0.0468. The van der Waals surface area contributed by atoms with Crippen molar-refractivity contribution in [2.24, 2.45) is 5.73 Å². The maximum atomic E-state index is 10.4. The quantitative estimate of drug-likeness (QED) is 0.800. The summed E-state index contributed by atoms with van der Waals surface area (Å²) in [5.41, 5.74) is 9.11. The zero-order valence-corrected chi connectivity index (χ0v) is 10.2. The molecule has 1 aliphatic carbocycles. The molecule has 3 N–H and O–H groups in total. The van der Waals surface area contributed by atoms with Crippen molar-refractivity contribution in [3.05, 3.63) is 34.9 Å². The fourth-order valence-electron chi connectivity index (χ4n) is 2.60. The number of benzene rings is 1. The predicted octanol–water partition coefficient (Wildman–Crippen LogP) is 2.09. The van der Waals surface area contributed by atoms with E-state index >= 15 is 0 Å². The van der Waals surface area contributed by atoms with E-state index in [1.165, 1.54) is 16.7 Å². The lowest BCUT2D eigenvalue weighted by Crippen LogP contribution is -2.30. The second-order valence-electron chi connectivity index (χ2n) is 5.32. The number of nitrogens with two attached hydrogens (primary N) is 1. The topological polar surface area (TPSA) is 46.2 Å². The number of hydrogen-bond acceptors (Lipinski definition) is 2. The summed E-state index contributed by atoms with van der Waals surface area (Å²) in [5.74, 6) is 0. The van der Waals surface area contributed by atoms with E-state index in [0.29, 0.717) is 0 Å². The summed E-state index contributed by atoms with van der Waals surface area (Å²) in [6.45, 7) is 4.22. The Hall–Kier alpha value is -0.860. The lowest BCUT2D eigenvalue weighted by Gasteiger charge is -2.22. The monoisotopic (exact) mass is 219 g/mol. The van der Waals surface area contributed by atoms with Gasteiger partial charge in [-0.2, -0.15) is 0 Å². The van der Waals surface area contributed by atoms with E-state index in [1.807, 2.05) is 0 Å². The maximum absolute atomic E-state index is 10.4. The molecule has 2 nitrogen and oxygen atoms in total. The highest BCUT2D eigenvalue weighted by molar-refractivity contribution is 5.31. The Bertz CT molecular complexity index is 388. The van der Waals surface area contributed by atoms with Crippen molar-refractivity contribution in [2.45, 2.75) is 51.2 Å². The van der Waals surface area contributed by atoms with Gasteiger partial charge in [0, 0.05) is 12.5 Å². The van der Waals surface area contributed by atoms with Gasteiger partial charge in [-0.15, -0.1) is 0 Å². The van der Waals surface area contributed by atoms with Gasteiger partial charge in [0.05, 0.1) is 5.60 Å². The van der Waals surface area contributed by atoms with Crippen LogP contribution in [-0.2, 0) is 6.42 Å². The minimum atomic E-state index is -0.568. The summed E-state index contributed by atoms with van der Waals surface area (Å²) in [7, 11) is 0. The molecule has 2 heteroatoms. The third-order valence-electron chi connectivity index (χ3n) is 3.73. The Morgan fingerprint density at radius 3 is 2.69 bits per heavy atom. The third-order valence-corrected chi connectivity index (χ3v) is 3.73. The van der Waals surface area contributed by atoms with E-state index in [0.717, 1.165) is 25.7 Å². The average Bonchev–Trinajstić information content (AvgIpc) is 2.52. The second kappa shape index (κ2) is 4.19. The SMILES string of the molecule is Cc1ccc(CC2(O)CCC(N)C2)cc1C. The van der Waals surface area contributed by atoms with Gasteiger partial charge < -0.3 is 10.8 Å². The number of rotatable bonds is 2. The Morgan fingerprint density at radius 1 is 1.38 bits per heavy atom. The van der Waals surface area contributed by atoms with Crippen molar-refractivity contribution in [3.63, 3.8) is 0 Å². The van der Waals surface area contributed by atoms with Gasteiger partial charge in [0.1, 0.15) is 0 Å². The Balaban J connectivity index is 2.12. The molecule has 1 aromatic carbocycles. The lowest BCUT2D eigenvalue weighted by atomic mass is 9.91. The first-order valence-electron chi connectivity index (χ1n) is 6.03. The molecule has 16 heavy (non-hydrogen) atoms. The van der Waals surface area contributed by atoms with E-state index in [1.54, 1.807) is 0 Å². The highest BCUT2D eigenvalue weighted by Gasteiger charge is 2.35. The van der Waals surface area contributed by atoms with Crippen LogP contribution in [0.1, 0.15) is 36.0 Å². The van der Waals surface area contributed by atoms with Gasteiger partial charge in [0.25, 0.3) is 0 Å². The van der Waals surface area contributed by atoms with Crippen LogP contribution in [0.3, 0.4) is 0 Å². The Kier molecular flexibility index (Phi) is 3.04. The summed E-state index contributed by atoms with van der Waals surface area (Å²) in [4.78, 5) is 0. The number of aryl methyl sites for hydroxylation is 2. The van der Waals surface area contributed by atoms with Crippen LogP contribution in [0.2, 0.25) is 0 Å². The second-order valence-corrected chi connectivity index (χ2v) is 5.32. The van der Waals surface area contributed by atoms with E-state index in [9.17, 15) is 5.11 Å². The van der Waals surface area contributed by atoms with Crippen molar-refractivity contribution in [3.8, 4) is 0 Å². The molecule has 1 aliphatic rings. The van der Waals surface area contributed by atoms with Crippen LogP contribution in [0, 0.1) is 13.8 Å². The van der Waals surface area contributed by atoms with Crippen molar-refractivity contribution < 1.29 is 5.11 Å². The molecular weight excluding hydrogens is 198 g/mol. The molecule has 0 saturated heterocycles. The molecule has 2 unspecified atom stereocenters. The average molecular weight is 219 g/mol. The van der Waals surface area contributed by atoms with Gasteiger partial charge in [-0.3, -0.25) is 0 Å². The molecule has 0 spiro atoms. The van der Waals surface area contributed by atoms with Gasteiger partial charge >= 0.3 is 0 Å². The van der Waals surface area contributed by atoms with Crippen LogP contribution in [0.4, 0.5) is 0 Å². The molecule has 0 aliphatic heterocycles. The summed E-state index contributed by atoms with van der Waals surface area (Å²) in [6.07, 6.45) is 3.25. The van der Waals surface area contributed by atoms with E-state index < -0.39 is 5.60 Å². The number of hydrogen-bond donors (Lipinski definition) is 2. The molecule has 2 atom stereocenters. The maximum Gasteiger partial charge on any atom is 0.0703 e. The molecule has 1 fully saturated rings. The van der Waals surface area contributed by atoms with Gasteiger partial charge in [0.15, 0.2) is 0 Å². The summed E-state index contributed by atoms with van der Waals surface area (Å²) >= 11 is 0. The van der Waals surface area contributed by atoms with Crippen LogP contribution >= 0.6 is 0 Å². The first-order chi connectivity index (χ1) is 7.48. The molecule has 1 aromatic rings. The van der Waals surface area contributed by atoms with Crippen LogP contribution in [0.5, 0.6) is 0 Å². The summed E-state index contributed by atoms with van der Waals surface area (Å²) < 4.78 is 0. The first kappa shape index (κ1) is 11.6. The standard InChI is InChI=1S/C14H21NO/c1-10-3-4-12(7-11(10)2)8-14(16)6-5-13(15)9-14/h3-4,7,13,16H,5-6,8-9,15H2,1-2H3. The molecule has 2 rings (SSSR count). The van der Waals surface area contributed by atoms with E-state index in [4.69, 9.17) is 5.73 Å². The summed E-state index contributed by atoms with van der Waals surface area (Å²) in [6, 6.07) is 6.60. The van der Waals surface area contributed by atoms with Crippen LogP contribution < -0.4 is 5.73 Å². The zero-order valence-electron chi connectivity index (χ0n) is 10.2. The van der Waals surface area contributed by atoms with Crippen molar-refractivity contribution in [2.75, 3.05) is 0 Å². The predicted molar refractivity (Wildman–Crippen MR) is 66.4 cm³/mol. The van der Waals surface area contributed by atoms with Gasteiger partial charge in [-0.25, -0.2) is 0 Å². The van der Waals surface area contributed by atoms with Crippen molar-refractivity contribution in [1.29, 1.82) is 0 Å². The Labute approximate surface area is 97.5 Å². The van der Waals surface area contributed by atoms with Crippen LogP contribution in [0.25, 0.3) is 0 Å². The smallest absolute Gasteiger partial charge is 0.0703 e. The molecule has 0 aromatic heterocycles. The van der Waals surface area contributed by atoms with Crippen LogP contribution in [-0.4, -0.2) is 16.7 Å². The minimum absolute atomic E-state index is 0.177. The molecule has 0 bridgehead atoms. The molecule has 1 saturated carbocycles. The van der Waals surface area contributed by atoms with Gasteiger partial charge in [-0.05, 0) is 49.8 Å². The largest absolute Gasteiger partial charge is 0.389 e. The highest BCUT2D eigenvalue weighted by Crippen LogP contribution is 2.32. The highest BCUT2D eigenvalue weighted by atomic mass is 16.3. The van der Waals surface area contributed by atoms with E-state index in [-0.39, 0.29) is 6.04 Å². The summed E-state index contributed by atoms with van der Waals surface area (Å²) in [5, 5.41) is 10.4. The molecule has 0 heterocycles. The normalized spacial score (nSPS) is 29.6. The zero-order chi connectivity index (χ0) is 11.8. The van der Waals surface area contributed by atoms with Crippen LogP contribution in [0.15, 0.2) is 18.2 Å². The molecule has 0 radical (unpaired) electrons. The fourth-order valence-corrected chi connectivity index (χ4v) is 2.60.